The number of carbonyl (C=O) groups excluding carboxylic acids is 1. The molecule has 2 aliphatic carbocycles. The number of nitriles is 1. The molecule has 4 aliphatic rings. The number of nitrogens with one attached hydrogen (secondary N) is 2. The Morgan fingerprint density at radius 1 is 1.12 bits per heavy atom. The minimum Gasteiger partial charge on any atom is -0.344 e. The van der Waals surface area contributed by atoms with Crippen LogP contribution in [0, 0.1) is 29.0 Å². The molecular formula is C37H52FN9O. The van der Waals surface area contributed by atoms with Gasteiger partial charge < -0.3 is 20.4 Å². The molecule has 2 aromatic heterocycles. The normalized spacial score (nSPS) is 19.2. The highest BCUT2D eigenvalue weighted by Crippen LogP contribution is 2.41. The van der Waals surface area contributed by atoms with Crippen molar-refractivity contribution in [1.29, 1.82) is 5.26 Å². The maximum atomic E-state index is 14.2. The number of Topliss-reactive ketones (excluding diaryl/α,β-unsaturated/α-hetero) is 1. The van der Waals surface area contributed by atoms with Crippen LogP contribution in [-0.2, 0) is 0 Å². The van der Waals surface area contributed by atoms with E-state index in [0.717, 1.165) is 29.6 Å². The summed E-state index contributed by atoms with van der Waals surface area (Å²) in [7, 11) is 0. The quantitative estimate of drug-likeness (QED) is 0.255. The maximum absolute atomic E-state index is 14.2. The first-order valence-corrected chi connectivity index (χ1v) is 17.8. The molecule has 2 aliphatic heterocycles. The molecule has 0 bridgehead atoms. The number of fused-ring (bicyclic) bond motifs is 3. The second kappa shape index (κ2) is 16.5. The lowest BCUT2D eigenvalue weighted by atomic mass is 9.91. The average molecular weight is 658 g/mol. The van der Waals surface area contributed by atoms with Crippen LogP contribution in [0.15, 0.2) is 30.7 Å². The molecule has 0 spiro atoms. The van der Waals surface area contributed by atoms with Gasteiger partial charge in [-0.05, 0) is 70.1 Å². The van der Waals surface area contributed by atoms with Gasteiger partial charge in [-0.3, -0.25) is 9.36 Å². The van der Waals surface area contributed by atoms with Crippen LogP contribution in [0.3, 0.4) is 0 Å². The number of anilines is 3. The molecule has 3 aromatic rings. The molecule has 2 N–H and O–H groups in total. The van der Waals surface area contributed by atoms with Crippen LogP contribution in [0.2, 0.25) is 0 Å². The zero-order valence-corrected chi connectivity index (χ0v) is 29.3. The summed E-state index contributed by atoms with van der Waals surface area (Å²) in [6.45, 7) is 16.2. The van der Waals surface area contributed by atoms with Crippen molar-refractivity contribution in [2.45, 2.75) is 98.1 Å². The molecule has 48 heavy (non-hydrogen) atoms. The molecule has 10 nitrogen and oxygen atoms in total. The summed E-state index contributed by atoms with van der Waals surface area (Å²) in [5, 5.41) is 15.9. The fraction of sp³-hybridized carbons (Fsp3) is 0.595. The SMILES string of the molecule is C1CN(CC2CC2)CCN1.CC1CCCCC1.CCC1c2c(C#N)ncn2-c2cnc(Nc3ccc(C(C)=O)c(F)c3)nc2N1C(C)C. The monoisotopic (exact) mass is 657 g/mol. The van der Waals surface area contributed by atoms with E-state index in [1.165, 1.54) is 96.7 Å². The van der Waals surface area contributed by atoms with Crippen LogP contribution in [0.1, 0.15) is 114 Å². The molecule has 258 valence electrons. The molecule has 0 radical (unpaired) electrons. The maximum Gasteiger partial charge on any atom is 0.229 e. The first-order valence-electron chi connectivity index (χ1n) is 17.8. The Morgan fingerprint density at radius 2 is 1.85 bits per heavy atom. The zero-order chi connectivity index (χ0) is 34.2. The molecule has 1 saturated heterocycles. The van der Waals surface area contributed by atoms with Gasteiger partial charge in [-0.1, -0.05) is 46.0 Å². The highest BCUT2D eigenvalue weighted by Gasteiger charge is 2.36. The molecule has 1 atom stereocenters. The number of imidazole rings is 1. The van der Waals surface area contributed by atoms with Gasteiger partial charge >= 0.3 is 0 Å². The summed E-state index contributed by atoms with van der Waals surface area (Å²) in [6.07, 6.45) is 14.5. The molecule has 1 aromatic carbocycles. The number of ketones is 1. The number of nitrogens with zero attached hydrogens (tertiary/aromatic N) is 7. The van der Waals surface area contributed by atoms with Gasteiger partial charge in [0.05, 0.1) is 23.5 Å². The van der Waals surface area contributed by atoms with Crippen molar-refractivity contribution in [2.75, 3.05) is 42.9 Å². The van der Waals surface area contributed by atoms with Crippen LogP contribution in [-0.4, -0.2) is 69.0 Å². The van der Waals surface area contributed by atoms with Crippen molar-refractivity contribution in [3.63, 3.8) is 0 Å². The van der Waals surface area contributed by atoms with Crippen molar-refractivity contribution in [1.82, 2.24) is 29.7 Å². The van der Waals surface area contributed by atoms with E-state index >= 15 is 0 Å². The first-order chi connectivity index (χ1) is 23.2. The summed E-state index contributed by atoms with van der Waals surface area (Å²) in [6, 6.07) is 6.52. The number of hydrogen-bond acceptors (Lipinski definition) is 9. The van der Waals surface area contributed by atoms with Gasteiger partial charge in [-0.2, -0.15) is 10.2 Å². The Hall–Kier alpha value is -3.88. The highest BCUT2D eigenvalue weighted by molar-refractivity contribution is 5.94. The molecule has 1 unspecified atom stereocenters. The van der Waals surface area contributed by atoms with Gasteiger partial charge in [0.2, 0.25) is 5.95 Å². The fourth-order valence-electron chi connectivity index (χ4n) is 6.89. The molecule has 7 rings (SSSR count). The van der Waals surface area contributed by atoms with E-state index in [0.29, 0.717) is 23.1 Å². The highest BCUT2D eigenvalue weighted by atomic mass is 19.1. The second-order valence-corrected chi connectivity index (χ2v) is 13.9. The second-order valence-electron chi connectivity index (χ2n) is 13.9. The van der Waals surface area contributed by atoms with E-state index in [4.69, 9.17) is 4.98 Å². The van der Waals surface area contributed by atoms with Crippen molar-refractivity contribution < 1.29 is 9.18 Å². The third-order valence-electron chi connectivity index (χ3n) is 9.68. The van der Waals surface area contributed by atoms with Gasteiger partial charge in [-0.15, -0.1) is 0 Å². The van der Waals surface area contributed by atoms with Crippen LogP contribution in [0.25, 0.3) is 5.69 Å². The van der Waals surface area contributed by atoms with E-state index in [9.17, 15) is 14.4 Å². The zero-order valence-electron chi connectivity index (χ0n) is 29.3. The van der Waals surface area contributed by atoms with E-state index in [2.05, 4.69) is 64.2 Å². The lowest BCUT2D eigenvalue weighted by molar-refractivity contribution is 0.101. The smallest absolute Gasteiger partial charge is 0.229 e. The predicted molar refractivity (Wildman–Crippen MR) is 188 cm³/mol. The van der Waals surface area contributed by atoms with Gasteiger partial charge in [0.1, 0.15) is 23.9 Å². The Bertz CT molecular complexity index is 1570. The largest absolute Gasteiger partial charge is 0.344 e. The summed E-state index contributed by atoms with van der Waals surface area (Å²) in [5.74, 6) is 2.18. The van der Waals surface area contributed by atoms with Crippen molar-refractivity contribution in [3.8, 4) is 11.8 Å². The number of halogens is 1. The standard InChI is InChI=1S/C22H22FN7O.C8H16N2.C7H14/c1-5-18-20-17(9-24)26-11-29(20)19-10-25-22(28-21(19)30(18)12(2)3)27-14-6-7-15(13(4)31)16(23)8-14;1-2-8(1)7-10-5-3-9-4-6-10;1-7-5-3-2-4-6-7/h6-8,10-12,18H,5H2,1-4H3,(H,25,27,28);8-9H,1-7H2;7H,2-6H2,1H3. The Balaban J connectivity index is 0.000000213. The van der Waals surface area contributed by atoms with Crippen molar-refractivity contribution in [3.05, 3.63) is 53.5 Å². The number of benzene rings is 1. The van der Waals surface area contributed by atoms with E-state index in [-0.39, 0.29) is 23.4 Å². The summed E-state index contributed by atoms with van der Waals surface area (Å²) in [4.78, 5) is 29.6. The van der Waals surface area contributed by atoms with Gasteiger partial charge in [-0.25, -0.2) is 14.4 Å². The molecular weight excluding hydrogens is 605 g/mol. The number of rotatable bonds is 7. The minimum absolute atomic E-state index is 0.0367. The van der Waals surface area contributed by atoms with Crippen LogP contribution < -0.4 is 15.5 Å². The molecule has 0 amide bonds. The number of aromatic nitrogens is 4. The number of carbonyl (C=O) groups is 1. The third kappa shape index (κ3) is 8.77. The van der Waals surface area contributed by atoms with E-state index < -0.39 is 5.82 Å². The van der Waals surface area contributed by atoms with E-state index in [1.807, 2.05) is 4.57 Å². The summed E-state index contributed by atoms with van der Waals surface area (Å²) in [5.41, 5.74) is 2.43. The minimum atomic E-state index is -0.600. The molecule has 2 saturated carbocycles. The Morgan fingerprint density at radius 3 is 2.42 bits per heavy atom. The molecule has 3 fully saturated rings. The predicted octanol–water partition coefficient (Wildman–Crippen LogP) is 7.19. The summed E-state index contributed by atoms with van der Waals surface area (Å²) < 4.78 is 16.1. The van der Waals surface area contributed by atoms with Crippen LogP contribution in [0.4, 0.5) is 21.8 Å². The van der Waals surface area contributed by atoms with Crippen molar-refractivity contribution >= 4 is 23.2 Å². The number of piperazine rings is 1. The number of hydrogen-bond donors (Lipinski definition) is 2. The Labute approximate surface area is 285 Å². The van der Waals surface area contributed by atoms with Crippen molar-refractivity contribution in [2.24, 2.45) is 11.8 Å². The van der Waals surface area contributed by atoms with Gasteiger partial charge in [0.15, 0.2) is 17.3 Å². The average Bonchev–Trinajstić information content (AvgIpc) is 3.79. The third-order valence-corrected chi connectivity index (χ3v) is 9.68. The summed E-state index contributed by atoms with van der Waals surface area (Å²) >= 11 is 0. The van der Waals surface area contributed by atoms with Gasteiger partial charge in [0, 0.05) is 44.5 Å². The Kier molecular flexibility index (Phi) is 12.2. The van der Waals surface area contributed by atoms with Crippen LogP contribution in [0.5, 0.6) is 0 Å². The van der Waals surface area contributed by atoms with Crippen LogP contribution >= 0.6 is 0 Å². The lowest BCUT2D eigenvalue weighted by Gasteiger charge is -2.40. The first kappa shape index (κ1) is 35.4. The lowest BCUT2D eigenvalue weighted by Crippen LogP contribution is -2.44. The topological polar surface area (TPSA) is 115 Å². The molecule has 4 heterocycles. The van der Waals surface area contributed by atoms with E-state index in [1.54, 1.807) is 18.6 Å². The van der Waals surface area contributed by atoms with Gasteiger partial charge in [0.25, 0.3) is 0 Å². The molecule has 11 heteroatoms. The fourth-order valence-corrected chi connectivity index (χ4v) is 6.89.